The highest BCUT2D eigenvalue weighted by molar-refractivity contribution is 5.93. The van der Waals surface area contributed by atoms with Crippen molar-refractivity contribution in [2.24, 2.45) is 7.05 Å². The monoisotopic (exact) mass is 483 g/mol. The van der Waals surface area contributed by atoms with Crippen LogP contribution in [0.1, 0.15) is 40.3 Å². The number of ether oxygens (including phenoxy) is 1. The molecule has 186 valence electrons. The predicted octanol–water partition coefficient (Wildman–Crippen LogP) is 4.55. The molecule has 7 heteroatoms. The van der Waals surface area contributed by atoms with Gasteiger partial charge in [0.05, 0.1) is 17.6 Å². The number of benzene rings is 2. The van der Waals surface area contributed by atoms with Gasteiger partial charge in [-0.3, -0.25) is 4.79 Å². The molecule has 4 heterocycles. The standard InChI is InChI=1S/C29H33N5O2/c1-20-30-25-7-5-23(17-26(25)31-20)22-6-8-28-24(16-22)19-34(13-14-36-28)29(35)27-15-21(18-32(27)2)9-12-33-10-3-4-11-33/h5-8,15-18H,3-4,9-14,19H2,1-2H3,(H,30,31). The van der Waals surface area contributed by atoms with Gasteiger partial charge in [-0.15, -0.1) is 0 Å². The highest BCUT2D eigenvalue weighted by Gasteiger charge is 2.24. The number of amides is 1. The summed E-state index contributed by atoms with van der Waals surface area (Å²) in [6, 6.07) is 14.6. The average Bonchev–Trinajstić information content (AvgIpc) is 3.57. The second-order valence-electron chi connectivity index (χ2n) is 10.1. The normalized spacial score (nSPS) is 16.2. The molecule has 0 saturated carbocycles. The third-order valence-electron chi connectivity index (χ3n) is 7.46. The minimum absolute atomic E-state index is 0.0566. The number of aromatic nitrogens is 3. The predicted molar refractivity (Wildman–Crippen MR) is 141 cm³/mol. The number of rotatable bonds is 5. The maximum atomic E-state index is 13.6. The Morgan fingerprint density at radius 3 is 2.72 bits per heavy atom. The Kier molecular flexibility index (Phi) is 6.01. The van der Waals surface area contributed by atoms with Crippen molar-refractivity contribution in [3.63, 3.8) is 0 Å². The van der Waals surface area contributed by atoms with Gasteiger partial charge in [0.25, 0.3) is 5.91 Å². The Hall–Kier alpha value is -3.58. The molecule has 7 nitrogen and oxygen atoms in total. The first-order valence-corrected chi connectivity index (χ1v) is 12.9. The largest absolute Gasteiger partial charge is 0.491 e. The van der Waals surface area contributed by atoms with E-state index < -0.39 is 0 Å². The van der Waals surface area contributed by atoms with Gasteiger partial charge in [-0.1, -0.05) is 12.1 Å². The number of imidazole rings is 1. The molecule has 0 radical (unpaired) electrons. The van der Waals surface area contributed by atoms with Crippen LogP contribution in [-0.2, 0) is 20.0 Å². The van der Waals surface area contributed by atoms with Crippen molar-refractivity contribution in [2.45, 2.75) is 32.7 Å². The lowest BCUT2D eigenvalue weighted by Gasteiger charge is -2.20. The summed E-state index contributed by atoms with van der Waals surface area (Å²) in [5.74, 6) is 1.82. The van der Waals surface area contributed by atoms with Crippen molar-refractivity contribution >= 4 is 16.9 Å². The van der Waals surface area contributed by atoms with E-state index in [1.807, 2.05) is 35.6 Å². The molecule has 0 aliphatic carbocycles. The first kappa shape index (κ1) is 22.9. The summed E-state index contributed by atoms with van der Waals surface area (Å²) in [5, 5.41) is 0. The van der Waals surface area contributed by atoms with Crippen molar-refractivity contribution in [1.82, 2.24) is 24.3 Å². The fraction of sp³-hybridized carbons (Fsp3) is 0.379. The van der Waals surface area contributed by atoms with Gasteiger partial charge >= 0.3 is 0 Å². The third kappa shape index (κ3) is 4.51. The van der Waals surface area contributed by atoms with E-state index in [1.165, 1.54) is 31.5 Å². The Balaban J connectivity index is 1.21. The summed E-state index contributed by atoms with van der Waals surface area (Å²) in [7, 11) is 1.97. The van der Waals surface area contributed by atoms with Crippen LogP contribution in [0, 0.1) is 6.92 Å². The number of fused-ring (bicyclic) bond motifs is 2. The second-order valence-corrected chi connectivity index (χ2v) is 10.1. The van der Waals surface area contributed by atoms with Gasteiger partial charge in [-0.25, -0.2) is 4.98 Å². The minimum atomic E-state index is 0.0566. The van der Waals surface area contributed by atoms with Gasteiger partial charge in [-0.2, -0.15) is 0 Å². The number of carbonyl (C=O) groups is 1. The van der Waals surface area contributed by atoms with Crippen molar-refractivity contribution in [3.8, 4) is 16.9 Å². The fourth-order valence-corrected chi connectivity index (χ4v) is 5.50. The van der Waals surface area contributed by atoms with E-state index in [0.717, 1.165) is 58.0 Å². The number of nitrogens with zero attached hydrogens (tertiary/aromatic N) is 4. The third-order valence-corrected chi connectivity index (χ3v) is 7.46. The first-order chi connectivity index (χ1) is 17.5. The Labute approximate surface area is 211 Å². The van der Waals surface area contributed by atoms with Crippen molar-refractivity contribution < 1.29 is 9.53 Å². The molecule has 1 fully saturated rings. The molecule has 2 aromatic heterocycles. The molecule has 4 aromatic rings. The summed E-state index contributed by atoms with van der Waals surface area (Å²) >= 11 is 0. The van der Waals surface area contributed by atoms with Crippen LogP contribution in [0.5, 0.6) is 5.75 Å². The van der Waals surface area contributed by atoms with E-state index in [9.17, 15) is 4.79 Å². The number of hydrogen-bond donors (Lipinski definition) is 1. The minimum Gasteiger partial charge on any atom is -0.491 e. The lowest BCUT2D eigenvalue weighted by molar-refractivity contribution is 0.0723. The molecule has 36 heavy (non-hydrogen) atoms. The summed E-state index contributed by atoms with van der Waals surface area (Å²) in [6.07, 6.45) is 5.69. The van der Waals surface area contributed by atoms with Crippen LogP contribution in [-0.4, -0.2) is 63.0 Å². The van der Waals surface area contributed by atoms with E-state index in [-0.39, 0.29) is 5.91 Å². The van der Waals surface area contributed by atoms with E-state index in [4.69, 9.17) is 4.74 Å². The molecule has 0 bridgehead atoms. The molecule has 6 rings (SSSR count). The lowest BCUT2D eigenvalue weighted by atomic mass is 10.0. The zero-order valence-corrected chi connectivity index (χ0v) is 21.1. The Morgan fingerprint density at radius 1 is 1.06 bits per heavy atom. The number of likely N-dealkylation sites (tertiary alicyclic amines) is 1. The molecule has 0 unspecified atom stereocenters. The fourth-order valence-electron chi connectivity index (χ4n) is 5.50. The molecule has 1 saturated heterocycles. The second kappa shape index (κ2) is 9.47. The zero-order valence-electron chi connectivity index (χ0n) is 21.1. The summed E-state index contributed by atoms with van der Waals surface area (Å²) < 4.78 is 8.02. The first-order valence-electron chi connectivity index (χ1n) is 12.9. The molecule has 0 spiro atoms. The van der Waals surface area contributed by atoms with E-state index in [1.54, 1.807) is 0 Å². The SMILES string of the molecule is Cc1nc2ccc(-c3ccc4c(c3)CN(C(=O)c3cc(CCN5CCCC5)cn3C)CCO4)cc2[nH]1. The zero-order chi connectivity index (χ0) is 24.6. The van der Waals surface area contributed by atoms with Crippen molar-refractivity contribution in [1.29, 1.82) is 0 Å². The van der Waals surface area contributed by atoms with Gasteiger partial charge in [0.1, 0.15) is 23.9 Å². The van der Waals surface area contributed by atoms with Crippen LogP contribution in [0.15, 0.2) is 48.7 Å². The smallest absolute Gasteiger partial charge is 0.270 e. The van der Waals surface area contributed by atoms with Crippen LogP contribution in [0.3, 0.4) is 0 Å². The van der Waals surface area contributed by atoms with Crippen LogP contribution < -0.4 is 4.74 Å². The summed E-state index contributed by atoms with van der Waals surface area (Å²) in [6.45, 7) is 7.01. The maximum Gasteiger partial charge on any atom is 0.270 e. The Morgan fingerprint density at radius 2 is 1.86 bits per heavy atom. The van der Waals surface area contributed by atoms with Crippen LogP contribution >= 0.6 is 0 Å². The number of nitrogens with one attached hydrogen (secondary N) is 1. The van der Waals surface area contributed by atoms with Crippen LogP contribution in [0.4, 0.5) is 0 Å². The van der Waals surface area contributed by atoms with E-state index in [2.05, 4.69) is 51.4 Å². The molecular formula is C29H33N5O2. The van der Waals surface area contributed by atoms with Crippen LogP contribution in [0.2, 0.25) is 0 Å². The number of aryl methyl sites for hydroxylation is 2. The quantitative estimate of drug-likeness (QED) is 0.452. The maximum absolute atomic E-state index is 13.6. The van der Waals surface area contributed by atoms with Gasteiger partial charge in [0.2, 0.25) is 0 Å². The van der Waals surface area contributed by atoms with E-state index in [0.29, 0.717) is 19.7 Å². The summed E-state index contributed by atoms with van der Waals surface area (Å²) in [5.41, 5.74) is 7.20. The van der Waals surface area contributed by atoms with Gasteiger partial charge in [0, 0.05) is 31.9 Å². The van der Waals surface area contributed by atoms with Crippen LogP contribution in [0.25, 0.3) is 22.2 Å². The topological polar surface area (TPSA) is 66.4 Å². The molecule has 1 N–H and O–H groups in total. The molecule has 2 aliphatic rings. The van der Waals surface area contributed by atoms with E-state index >= 15 is 0 Å². The molecule has 0 atom stereocenters. The Bertz CT molecular complexity index is 1410. The molecular weight excluding hydrogens is 450 g/mol. The molecule has 2 aliphatic heterocycles. The van der Waals surface area contributed by atoms with Gasteiger partial charge in [0.15, 0.2) is 0 Å². The molecule has 1 amide bonds. The van der Waals surface area contributed by atoms with Crippen molar-refractivity contribution in [2.75, 3.05) is 32.8 Å². The highest BCUT2D eigenvalue weighted by atomic mass is 16.5. The number of H-pyrrole nitrogens is 1. The molecule has 2 aromatic carbocycles. The summed E-state index contributed by atoms with van der Waals surface area (Å²) in [4.78, 5) is 25.8. The number of carbonyl (C=O) groups excluding carboxylic acids is 1. The highest BCUT2D eigenvalue weighted by Crippen LogP contribution is 2.31. The van der Waals surface area contributed by atoms with Gasteiger partial charge in [-0.05, 0) is 86.3 Å². The van der Waals surface area contributed by atoms with Gasteiger partial charge < -0.3 is 24.1 Å². The lowest BCUT2D eigenvalue weighted by Crippen LogP contribution is -2.33. The van der Waals surface area contributed by atoms with Crippen molar-refractivity contribution in [3.05, 3.63) is 71.3 Å². The average molecular weight is 484 g/mol. The number of hydrogen-bond acceptors (Lipinski definition) is 4. The number of aromatic amines is 1.